The first-order chi connectivity index (χ1) is 14.0. The highest BCUT2D eigenvalue weighted by atomic mass is 32.5. The van der Waals surface area contributed by atoms with Crippen LogP contribution in [0.5, 0.6) is 0 Å². The van der Waals surface area contributed by atoms with Gasteiger partial charge in [0.25, 0.3) is 6.64 Å². The predicted molar refractivity (Wildman–Crippen MR) is 108 cm³/mol. The Hall–Kier alpha value is -1.40. The second kappa shape index (κ2) is 8.62. The summed E-state index contributed by atoms with van der Waals surface area (Å²) >= 11 is 5.48. The van der Waals surface area contributed by atoms with Crippen LogP contribution in [-0.2, 0) is 39.9 Å². The zero-order valence-corrected chi connectivity index (χ0v) is 18.8. The Morgan fingerprint density at radius 1 is 1.53 bits per heavy atom. The highest BCUT2D eigenvalue weighted by molar-refractivity contribution is 8.09. The van der Waals surface area contributed by atoms with Crippen molar-refractivity contribution in [3.8, 4) is 0 Å². The lowest BCUT2D eigenvalue weighted by molar-refractivity contribution is -0.149. The van der Waals surface area contributed by atoms with Gasteiger partial charge in [0, 0.05) is 18.3 Å². The lowest BCUT2D eigenvalue weighted by Gasteiger charge is -2.39. The van der Waals surface area contributed by atoms with Gasteiger partial charge in [-0.25, -0.2) is 9.88 Å². The van der Waals surface area contributed by atoms with Crippen molar-refractivity contribution in [3.63, 3.8) is 0 Å². The third-order valence-corrected chi connectivity index (χ3v) is 7.41. The van der Waals surface area contributed by atoms with Crippen molar-refractivity contribution in [2.75, 3.05) is 13.2 Å². The number of nitrogens with one attached hydrogen (secondary N) is 2. The van der Waals surface area contributed by atoms with E-state index in [1.807, 2.05) is 0 Å². The molecule has 2 amide bonds. The van der Waals surface area contributed by atoms with E-state index in [4.69, 9.17) is 30.3 Å². The van der Waals surface area contributed by atoms with Crippen LogP contribution < -0.4 is 10.4 Å². The Bertz CT molecular complexity index is 804. The minimum atomic E-state index is -3.16. The summed E-state index contributed by atoms with van der Waals surface area (Å²) in [6.07, 6.45) is -1.10. The van der Waals surface area contributed by atoms with Gasteiger partial charge in [-0.05, 0) is 39.5 Å². The number of hydrogen-bond donors (Lipinski definition) is 3. The third kappa shape index (κ3) is 4.59. The highest BCUT2D eigenvalue weighted by Gasteiger charge is 2.60. The van der Waals surface area contributed by atoms with E-state index in [1.54, 1.807) is 20.8 Å². The fraction of sp³-hybridized carbons (Fsp3) is 0.706. The Morgan fingerprint density at radius 3 is 2.87 bits per heavy atom. The number of carbonyl (C=O) groups excluding carboxylic acids is 3. The van der Waals surface area contributed by atoms with Crippen LogP contribution in [0.3, 0.4) is 0 Å². The van der Waals surface area contributed by atoms with Gasteiger partial charge < -0.3 is 28.9 Å². The highest BCUT2D eigenvalue weighted by Crippen LogP contribution is 2.54. The topological polar surface area (TPSA) is 136 Å². The standard InChI is InChI=1S/C17H26N3O8PS/c1-9(2)26-14(22)10(3)19-29(30)25-8-12-13(28-29)17(4,24)15(27-12)20-6-11(7-21)5-18-16(20)23/h6-7,9-10,12-13,15,24H,5,8H2,1-4H3,(H,18,23)(H,19,30)/t10?,12-,13-,15-,17-,29?/m1/s1. The van der Waals surface area contributed by atoms with Gasteiger partial charge >= 0.3 is 12.0 Å². The summed E-state index contributed by atoms with van der Waals surface area (Å²) < 4.78 is 22.6. The molecule has 0 aromatic carbocycles. The maximum Gasteiger partial charge on any atom is 0.323 e. The number of rotatable bonds is 6. The van der Waals surface area contributed by atoms with E-state index in [1.165, 1.54) is 13.1 Å². The minimum absolute atomic E-state index is 0.00669. The van der Waals surface area contributed by atoms with Crippen molar-refractivity contribution in [2.24, 2.45) is 0 Å². The molecule has 2 saturated heterocycles. The SMILES string of the molecule is CC(C)OC(=O)C(C)NP1(=S)OC[C@H]2O[C@@H](N3C=C(C=O)CNC3=O)[C@](C)(O)[C@@H]2O1. The van der Waals surface area contributed by atoms with Gasteiger partial charge in [0.1, 0.15) is 30.1 Å². The van der Waals surface area contributed by atoms with Crippen LogP contribution in [0.15, 0.2) is 11.8 Å². The molecule has 0 spiro atoms. The molecule has 0 radical (unpaired) electrons. The van der Waals surface area contributed by atoms with E-state index in [2.05, 4.69) is 10.4 Å². The predicted octanol–water partition coefficient (Wildman–Crippen LogP) is 0.140. The second-order valence-corrected chi connectivity index (χ2v) is 11.0. The van der Waals surface area contributed by atoms with Crippen molar-refractivity contribution in [2.45, 2.75) is 63.9 Å². The first kappa shape index (κ1) is 23.3. The smallest absolute Gasteiger partial charge is 0.323 e. The maximum atomic E-state index is 12.3. The molecule has 0 aromatic rings. The van der Waals surface area contributed by atoms with Crippen molar-refractivity contribution < 1.29 is 38.0 Å². The first-order valence-corrected chi connectivity index (χ1v) is 12.1. The fourth-order valence-corrected chi connectivity index (χ4v) is 6.08. The molecule has 3 N–H and O–H groups in total. The molecule has 13 heteroatoms. The molecule has 3 rings (SSSR count). The molecule has 3 aliphatic heterocycles. The second-order valence-electron chi connectivity index (χ2n) is 7.80. The number of hydrogen-bond acceptors (Lipinski definition) is 9. The molecule has 3 aliphatic rings. The Kier molecular flexibility index (Phi) is 6.68. The number of aliphatic hydroxyl groups is 1. The maximum absolute atomic E-state index is 12.3. The van der Waals surface area contributed by atoms with E-state index < -0.39 is 48.7 Å². The average molecular weight is 463 g/mol. The summed E-state index contributed by atoms with van der Waals surface area (Å²) in [4.78, 5) is 36.6. The molecule has 30 heavy (non-hydrogen) atoms. The number of aldehydes is 1. The summed E-state index contributed by atoms with van der Waals surface area (Å²) in [5.41, 5.74) is -1.34. The molecule has 2 fully saturated rings. The number of urea groups is 1. The zero-order valence-electron chi connectivity index (χ0n) is 17.1. The lowest BCUT2D eigenvalue weighted by Crippen LogP contribution is -2.57. The number of esters is 1. The largest absolute Gasteiger partial charge is 0.462 e. The fourth-order valence-electron chi connectivity index (χ4n) is 3.38. The van der Waals surface area contributed by atoms with Crippen LogP contribution in [-0.4, -0.2) is 77.6 Å². The molecular formula is C17H26N3O8PS. The summed E-state index contributed by atoms with van der Waals surface area (Å²) in [6, 6.07) is -1.31. The van der Waals surface area contributed by atoms with Crippen molar-refractivity contribution in [3.05, 3.63) is 11.8 Å². The van der Waals surface area contributed by atoms with Gasteiger partial charge in [-0.2, -0.15) is 0 Å². The van der Waals surface area contributed by atoms with Crippen molar-refractivity contribution in [1.82, 2.24) is 15.3 Å². The Labute approximate surface area is 179 Å². The first-order valence-electron chi connectivity index (χ1n) is 9.48. The van der Waals surface area contributed by atoms with Crippen LogP contribution in [0.4, 0.5) is 4.79 Å². The molecule has 0 aliphatic carbocycles. The van der Waals surface area contributed by atoms with Crippen LogP contribution >= 0.6 is 6.64 Å². The summed E-state index contributed by atoms with van der Waals surface area (Å²) in [7, 11) is 0. The normalized spacial score (nSPS) is 37.3. The zero-order chi connectivity index (χ0) is 22.3. The number of carbonyl (C=O) groups is 3. The number of amides is 2. The van der Waals surface area contributed by atoms with Crippen LogP contribution in [0.1, 0.15) is 27.7 Å². The molecule has 0 aromatic heterocycles. The van der Waals surface area contributed by atoms with E-state index in [-0.39, 0.29) is 19.3 Å². The quantitative estimate of drug-likeness (QED) is 0.284. The molecule has 168 valence electrons. The number of fused-ring (bicyclic) bond motifs is 1. The van der Waals surface area contributed by atoms with Gasteiger partial charge in [-0.15, -0.1) is 0 Å². The molecule has 0 bridgehead atoms. The molecule has 2 unspecified atom stereocenters. The summed E-state index contributed by atoms with van der Waals surface area (Å²) in [5.74, 6) is -0.507. The van der Waals surface area contributed by atoms with Crippen molar-refractivity contribution in [1.29, 1.82) is 0 Å². The Balaban J connectivity index is 1.75. The van der Waals surface area contributed by atoms with E-state index in [0.717, 1.165) is 4.90 Å². The van der Waals surface area contributed by atoms with Gasteiger partial charge in [0.15, 0.2) is 6.23 Å². The molecule has 0 saturated carbocycles. The van der Waals surface area contributed by atoms with Gasteiger partial charge in [-0.3, -0.25) is 14.5 Å². The van der Waals surface area contributed by atoms with Crippen LogP contribution in [0.25, 0.3) is 0 Å². The van der Waals surface area contributed by atoms with Gasteiger partial charge in [0.2, 0.25) is 0 Å². The van der Waals surface area contributed by atoms with E-state index >= 15 is 0 Å². The number of ether oxygens (including phenoxy) is 2. The third-order valence-electron chi connectivity index (χ3n) is 4.82. The molecule has 6 atom stereocenters. The van der Waals surface area contributed by atoms with Crippen LogP contribution in [0, 0.1) is 0 Å². The van der Waals surface area contributed by atoms with Crippen molar-refractivity contribution >= 4 is 36.7 Å². The molecular weight excluding hydrogens is 437 g/mol. The van der Waals surface area contributed by atoms with E-state index in [9.17, 15) is 19.5 Å². The summed E-state index contributed by atoms with van der Waals surface area (Å²) in [5, 5.41) is 16.6. The van der Waals surface area contributed by atoms with Gasteiger partial charge in [-0.1, -0.05) is 0 Å². The average Bonchev–Trinajstić information content (AvgIpc) is 2.91. The minimum Gasteiger partial charge on any atom is -0.462 e. The Morgan fingerprint density at radius 2 is 2.23 bits per heavy atom. The van der Waals surface area contributed by atoms with Gasteiger partial charge in [0.05, 0.1) is 12.7 Å². The monoisotopic (exact) mass is 463 g/mol. The van der Waals surface area contributed by atoms with Crippen LogP contribution in [0.2, 0.25) is 0 Å². The number of nitrogens with zero attached hydrogens (tertiary/aromatic N) is 1. The molecule has 11 nitrogen and oxygen atoms in total. The lowest BCUT2D eigenvalue weighted by atomic mass is 9.96. The molecule has 3 heterocycles. The van der Waals surface area contributed by atoms with E-state index in [0.29, 0.717) is 11.9 Å². The summed E-state index contributed by atoms with van der Waals surface area (Å²) in [6.45, 7) is 3.42.